The smallest absolute Gasteiger partial charge is 0.354 e. The van der Waals surface area contributed by atoms with E-state index in [1.54, 1.807) is 0 Å². The van der Waals surface area contributed by atoms with E-state index in [-0.39, 0.29) is 36.9 Å². The van der Waals surface area contributed by atoms with Gasteiger partial charge >= 0.3 is 12.4 Å². The van der Waals surface area contributed by atoms with Crippen molar-refractivity contribution in [2.75, 3.05) is 32.7 Å². The third-order valence-corrected chi connectivity index (χ3v) is 7.76. The molecule has 4 nitrogen and oxygen atoms in total. The van der Waals surface area contributed by atoms with Crippen molar-refractivity contribution in [3.8, 4) is 0 Å². The number of carbonyl (C=O) groups is 1. The first kappa shape index (κ1) is 29.4. The number of amides is 1. The number of piperazine rings is 1. The van der Waals surface area contributed by atoms with Crippen molar-refractivity contribution >= 4 is 5.91 Å². The van der Waals surface area contributed by atoms with Gasteiger partial charge in [0.05, 0.1) is 11.1 Å². The minimum absolute atomic E-state index is 0.0245. The number of nitrogens with one attached hydrogen (secondary N) is 1. The molecule has 0 aromatic heterocycles. The van der Waals surface area contributed by atoms with Gasteiger partial charge in [0, 0.05) is 38.8 Å². The van der Waals surface area contributed by atoms with Gasteiger partial charge in [-0.25, -0.2) is 0 Å². The molecular formula is C29H35F6N3O. The largest absolute Gasteiger partial charge is 0.416 e. The van der Waals surface area contributed by atoms with Crippen molar-refractivity contribution in [1.29, 1.82) is 0 Å². The van der Waals surface area contributed by atoms with E-state index in [1.807, 2.05) is 30.3 Å². The number of hydrogen-bond donors (Lipinski definition) is 1. The average molecular weight is 556 g/mol. The van der Waals surface area contributed by atoms with E-state index < -0.39 is 29.5 Å². The Balaban J connectivity index is 1.37. The molecule has 1 saturated heterocycles. The monoisotopic (exact) mass is 555 g/mol. The minimum Gasteiger partial charge on any atom is -0.354 e. The van der Waals surface area contributed by atoms with Crippen LogP contribution in [0.1, 0.15) is 66.8 Å². The van der Waals surface area contributed by atoms with Gasteiger partial charge in [-0.1, -0.05) is 49.6 Å². The van der Waals surface area contributed by atoms with Gasteiger partial charge < -0.3 is 5.32 Å². The van der Waals surface area contributed by atoms with Crippen LogP contribution in [0.25, 0.3) is 0 Å². The van der Waals surface area contributed by atoms with E-state index in [0.717, 1.165) is 43.9 Å². The van der Waals surface area contributed by atoms with Crippen LogP contribution in [0, 0.1) is 0 Å². The van der Waals surface area contributed by atoms with Gasteiger partial charge in [0.25, 0.3) is 0 Å². The zero-order valence-corrected chi connectivity index (χ0v) is 21.8. The Morgan fingerprint density at radius 3 is 2.00 bits per heavy atom. The lowest BCUT2D eigenvalue weighted by Crippen LogP contribution is -2.53. The van der Waals surface area contributed by atoms with E-state index in [4.69, 9.17) is 0 Å². The molecule has 2 aromatic rings. The summed E-state index contributed by atoms with van der Waals surface area (Å²) >= 11 is 0. The van der Waals surface area contributed by atoms with Crippen LogP contribution in [0.4, 0.5) is 26.3 Å². The number of halogens is 6. The highest BCUT2D eigenvalue weighted by atomic mass is 19.4. The van der Waals surface area contributed by atoms with Gasteiger partial charge in [-0.15, -0.1) is 0 Å². The summed E-state index contributed by atoms with van der Waals surface area (Å²) in [6.45, 7) is 3.40. The molecule has 2 aromatic carbocycles. The maximum Gasteiger partial charge on any atom is 0.416 e. The van der Waals surface area contributed by atoms with Crippen LogP contribution in [0.2, 0.25) is 0 Å². The average Bonchev–Trinajstić information content (AvgIpc) is 2.92. The van der Waals surface area contributed by atoms with E-state index >= 15 is 0 Å². The quantitative estimate of drug-likeness (QED) is 0.300. The van der Waals surface area contributed by atoms with Gasteiger partial charge in [-0.05, 0) is 55.0 Å². The van der Waals surface area contributed by atoms with Gasteiger partial charge in [0.15, 0.2) is 0 Å². The van der Waals surface area contributed by atoms with Crippen LogP contribution in [-0.2, 0) is 23.6 Å². The first-order valence-corrected chi connectivity index (χ1v) is 13.6. The molecule has 10 heteroatoms. The highest BCUT2D eigenvalue weighted by Crippen LogP contribution is 2.36. The molecule has 1 amide bonds. The summed E-state index contributed by atoms with van der Waals surface area (Å²) in [6, 6.07) is 11.2. The number of nitrogens with zero attached hydrogens (tertiary/aromatic N) is 2. The zero-order valence-electron chi connectivity index (χ0n) is 21.8. The lowest BCUT2D eigenvalue weighted by molar-refractivity contribution is -0.143. The summed E-state index contributed by atoms with van der Waals surface area (Å²) < 4.78 is 78.9. The molecule has 1 atom stereocenters. The van der Waals surface area contributed by atoms with E-state index in [0.29, 0.717) is 6.04 Å². The molecule has 214 valence electrons. The van der Waals surface area contributed by atoms with Gasteiger partial charge in [0.1, 0.15) is 6.04 Å². The fourth-order valence-electron chi connectivity index (χ4n) is 5.73. The molecule has 1 saturated carbocycles. The summed E-state index contributed by atoms with van der Waals surface area (Å²) in [5, 5.41) is 2.87. The third kappa shape index (κ3) is 7.97. The summed E-state index contributed by atoms with van der Waals surface area (Å²) in [6.07, 6.45) is -3.31. The molecule has 39 heavy (non-hydrogen) atoms. The standard InChI is InChI=1S/C29H35F6N3O/c30-28(31,32)23-18-21(19-24(20-23)29(33,34)35)8-7-13-36-27(39)26(22-9-3-1-4-10-22)38-16-14-37(15-17-38)25-11-5-2-6-12-25/h1,3-4,9-10,18-20,25-26H,2,5-8,11-17H2,(H,36,39). The number of alkyl halides is 6. The SMILES string of the molecule is O=C(NCCCc1cc(C(F)(F)F)cc(C(F)(F)F)c1)C(c1ccccc1)N1CCN(C2CCCCC2)CC1. The second-order valence-corrected chi connectivity index (χ2v) is 10.5. The number of carbonyl (C=O) groups excluding carboxylic acids is 1. The lowest BCUT2D eigenvalue weighted by atomic mass is 9.93. The molecule has 0 spiro atoms. The Bertz CT molecular complexity index is 1040. The maximum atomic E-state index is 13.3. The molecule has 2 fully saturated rings. The van der Waals surface area contributed by atoms with Crippen LogP contribution in [0.15, 0.2) is 48.5 Å². The maximum absolute atomic E-state index is 13.3. The minimum atomic E-state index is -4.88. The molecule has 1 N–H and O–H groups in total. The van der Waals surface area contributed by atoms with E-state index in [9.17, 15) is 31.1 Å². The topological polar surface area (TPSA) is 35.6 Å². The van der Waals surface area contributed by atoms with Gasteiger partial charge in [-0.2, -0.15) is 26.3 Å². The van der Waals surface area contributed by atoms with Crippen molar-refractivity contribution in [3.05, 3.63) is 70.8 Å². The molecule has 0 radical (unpaired) electrons. The van der Waals surface area contributed by atoms with Crippen LogP contribution >= 0.6 is 0 Å². The molecule has 1 aliphatic carbocycles. The molecule has 1 unspecified atom stereocenters. The van der Waals surface area contributed by atoms with Crippen LogP contribution in [0.5, 0.6) is 0 Å². The first-order valence-electron chi connectivity index (χ1n) is 13.6. The van der Waals surface area contributed by atoms with Crippen molar-refractivity contribution in [2.24, 2.45) is 0 Å². The van der Waals surface area contributed by atoms with Crippen molar-refractivity contribution in [1.82, 2.24) is 15.1 Å². The van der Waals surface area contributed by atoms with Crippen molar-refractivity contribution < 1.29 is 31.1 Å². The number of benzene rings is 2. The predicted octanol–water partition coefficient (Wildman–Crippen LogP) is 6.46. The summed E-state index contributed by atoms with van der Waals surface area (Å²) in [4.78, 5) is 18.0. The molecule has 1 aliphatic heterocycles. The Morgan fingerprint density at radius 2 is 1.44 bits per heavy atom. The highest BCUT2D eigenvalue weighted by molar-refractivity contribution is 5.83. The molecule has 0 bridgehead atoms. The molecule has 1 heterocycles. The van der Waals surface area contributed by atoms with Gasteiger partial charge in [-0.3, -0.25) is 14.6 Å². The molecule has 4 rings (SSSR count). The van der Waals surface area contributed by atoms with Gasteiger partial charge in [0.2, 0.25) is 5.91 Å². The number of hydrogen-bond acceptors (Lipinski definition) is 3. The van der Waals surface area contributed by atoms with Crippen LogP contribution < -0.4 is 5.32 Å². The summed E-state index contributed by atoms with van der Waals surface area (Å²) in [5.74, 6) is -0.215. The fraction of sp³-hybridized carbons (Fsp3) is 0.552. The fourth-order valence-corrected chi connectivity index (χ4v) is 5.73. The van der Waals surface area contributed by atoms with Crippen molar-refractivity contribution in [2.45, 2.75) is 69.4 Å². The Morgan fingerprint density at radius 1 is 0.846 bits per heavy atom. The Kier molecular flexibility index (Phi) is 9.59. The molecule has 2 aliphatic rings. The van der Waals surface area contributed by atoms with Crippen LogP contribution in [0.3, 0.4) is 0 Å². The number of aryl methyl sites for hydroxylation is 1. The highest BCUT2D eigenvalue weighted by Gasteiger charge is 2.37. The zero-order chi connectivity index (χ0) is 28.0. The van der Waals surface area contributed by atoms with E-state index in [2.05, 4.69) is 15.1 Å². The summed E-state index contributed by atoms with van der Waals surface area (Å²) in [7, 11) is 0. The lowest BCUT2D eigenvalue weighted by Gasteiger charge is -2.43. The van der Waals surface area contributed by atoms with E-state index in [1.165, 1.54) is 32.1 Å². The molecular weight excluding hydrogens is 520 g/mol. The normalized spacial score (nSPS) is 19.1. The Hall–Kier alpha value is -2.59. The second kappa shape index (κ2) is 12.7. The third-order valence-electron chi connectivity index (χ3n) is 7.76. The van der Waals surface area contributed by atoms with Crippen molar-refractivity contribution in [3.63, 3.8) is 0 Å². The Labute approximate surface area is 225 Å². The first-order chi connectivity index (χ1) is 18.5. The predicted molar refractivity (Wildman–Crippen MR) is 137 cm³/mol. The van der Waals surface area contributed by atoms with Crippen LogP contribution in [-0.4, -0.2) is 54.5 Å². The number of rotatable bonds is 8. The second-order valence-electron chi connectivity index (χ2n) is 10.5. The summed E-state index contributed by atoms with van der Waals surface area (Å²) in [5.41, 5.74) is -1.86.